The predicted molar refractivity (Wildman–Crippen MR) is 121 cm³/mol. The molecule has 1 rings (SSSR count). The normalized spacial score (nSPS) is 14.3. The molecule has 0 fully saturated rings. The van der Waals surface area contributed by atoms with E-state index < -0.39 is 72.0 Å². The van der Waals surface area contributed by atoms with Gasteiger partial charge in [-0.3, -0.25) is 24.0 Å². The first-order chi connectivity index (χ1) is 16.3. The minimum absolute atomic E-state index is 0.0347. The van der Waals surface area contributed by atoms with Crippen LogP contribution in [-0.4, -0.2) is 74.7 Å². The van der Waals surface area contributed by atoms with Crippen molar-refractivity contribution in [2.45, 2.75) is 63.7 Å². The van der Waals surface area contributed by atoms with Crippen LogP contribution in [0.4, 0.5) is 0 Å². The van der Waals surface area contributed by atoms with Crippen LogP contribution in [0.2, 0.25) is 0 Å². The zero-order valence-electron chi connectivity index (χ0n) is 19.4. The summed E-state index contributed by atoms with van der Waals surface area (Å²) in [6.45, 7) is 3.22. The number of carbonyl (C=O) groups excluding carboxylic acids is 5. The van der Waals surface area contributed by atoms with Gasteiger partial charge in [0, 0.05) is 24.7 Å². The van der Waals surface area contributed by atoms with Gasteiger partial charge in [-0.15, -0.1) is 0 Å². The summed E-state index contributed by atoms with van der Waals surface area (Å²) in [5.74, 6) is -5.87. The third-order valence-electron chi connectivity index (χ3n) is 4.92. The molecule has 0 aliphatic rings. The van der Waals surface area contributed by atoms with E-state index in [0.717, 1.165) is 0 Å². The van der Waals surface area contributed by atoms with Crippen molar-refractivity contribution in [1.29, 1.82) is 0 Å². The molecular weight excluding hydrogens is 464 g/mol. The second kappa shape index (κ2) is 13.6. The van der Waals surface area contributed by atoms with E-state index in [0.29, 0.717) is 5.69 Å². The Morgan fingerprint density at radius 2 is 1.60 bits per heavy atom. The Balaban J connectivity index is 3.01. The van der Waals surface area contributed by atoms with Crippen LogP contribution in [0.15, 0.2) is 12.5 Å². The molecule has 4 atom stereocenters. The molecular formula is C20H32N8O7. The van der Waals surface area contributed by atoms with Gasteiger partial charge in [-0.2, -0.15) is 0 Å². The molecule has 1 aromatic rings. The van der Waals surface area contributed by atoms with Crippen LogP contribution in [0, 0.1) is 5.92 Å². The molecule has 0 saturated carbocycles. The number of amides is 5. The zero-order chi connectivity index (χ0) is 26.7. The van der Waals surface area contributed by atoms with Gasteiger partial charge in [0.25, 0.3) is 0 Å². The van der Waals surface area contributed by atoms with Crippen molar-refractivity contribution < 1.29 is 33.9 Å². The Morgan fingerprint density at radius 1 is 0.971 bits per heavy atom. The van der Waals surface area contributed by atoms with Crippen LogP contribution in [0.25, 0.3) is 0 Å². The molecule has 4 unspecified atom stereocenters. The fourth-order valence-electron chi connectivity index (χ4n) is 2.98. The van der Waals surface area contributed by atoms with Gasteiger partial charge in [0.05, 0.1) is 18.8 Å². The molecule has 0 aliphatic heterocycles. The van der Waals surface area contributed by atoms with Crippen molar-refractivity contribution in [3.8, 4) is 0 Å². The Bertz CT molecular complexity index is 919. The van der Waals surface area contributed by atoms with Crippen molar-refractivity contribution in [2.75, 3.05) is 0 Å². The van der Waals surface area contributed by atoms with Gasteiger partial charge in [-0.05, 0) is 12.3 Å². The van der Waals surface area contributed by atoms with E-state index in [1.54, 1.807) is 13.8 Å². The fourth-order valence-corrected chi connectivity index (χ4v) is 2.98. The number of nitrogens with two attached hydrogens (primary N) is 3. The number of rotatable bonds is 15. The number of carboxylic acid groups (broad SMARTS) is 1. The SMILES string of the molecule is CC(C)C(NC(=O)C(Cc1cnc[nH]1)NC(=O)C(N)CCC(N)=O)C(=O)NC(CC(N)=O)C(=O)O. The first-order valence-corrected chi connectivity index (χ1v) is 10.7. The van der Waals surface area contributed by atoms with E-state index in [4.69, 9.17) is 17.2 Å². The summed E-state index contributed by atoms with van der Waals surface area (Å²) in [6.07, 6.45) is 1.98. The number of carboxylic acids is 1. The third kappa shape index (κ3) is 10.2. The van der Waals surface area contributed by atoms with Crippen LogP contribution < -0.4 is 33.2 Å². The lowest BCUT2D eigenvalue weighted by Gasteiger charge is -2.26. The smallest absolute Gasteiger partial charge is 0.326 e. The minimum atomic E-state index is -1.58. The summed E-state index contributed by atoms with van der Waals surface area (Å²) < 4.78 is 0. The van der Waals surface area contributed by atoms with Gasteiger partial charge in [-0.25, -0.2) is 9.78 Å². The molecule has 0 radical (unpaired) electrons. The van der Waals surface area contributed by atoms with E-state index >= 15 is 0 Å². The Morgan fingerprint density at radius 3 is 2.09 bits per heavy atom. The molecule has 1 aromatic heterocycles. The van der Waals surface area contributed by atoms with Gasteiger partial charge < -0.3 is 43.2 Å². The summed E-state index contributed by atoms with van der Waals surface area (Å²) in [7, 11) is 0. The van der Waals surface area contributed by atoms with Crippen LogP contribution in [0.1, 0.15) is 38.8 Å². The number of aromatic nitrogens is 2. The lowest BCUT2D eigenvalue weighted by Crippen LogP contribution is -2.59. The molecule has 0 saturated heterocycles. The number of nitrogens with zero attached hydrogens (tertiary/aromatic N) is 1. The third-order valence-corrected chi connectivity index (χ3v) is 4.92. The molecule has 35 heavy (non-hydrogen) atoms. The molecule has 0 aromatic carbocycles. The molecule has 1 heterocycles. The number of aliphatic carboxylic acids is 1. The van der Waals surface area contributed by atoms with E-state index in [1.807, 2.05) is 0 Å². The molecule has 194 valence electrons. The maximum atomic E-state index is 13.1. The van der Waals surface area contributed by atoms with E-state index in [1.165, 1.54) is 12.5 Å². The molecule has 11 N–H and O–H groups in total. The van der Waals surface area contributed by atoms with Crippen LogP contribution in [-0.2, 0) is 35.2 Å². The van der Waals surface area contributed by atoms with Gasteiger partial charge >= 0.3 is 5.97 Å². The second-order valence-corrected chi connectivity index (χ2v) is 8.25. The Kier molecular flexibility index (Phi) is 11.3. The standard InChI is InChI=1S/C20H32N8O7/c1-9(2)16(19(33)27-13(20(34)35)6-15(23)30)28-18(32)12(5-10-7-24-8-25-10)26-17(31)11(21)3-4-14(22)29/h7-9,11-13,16H,3-6,21H2,1-2H3,(H2,22,29)(H2,23,30)(H,24,25)(H,26,31)(H,27,33)(H,28,32)(H,34,35). The van der Waals surface area contributed by atoms with E-state index in [9.17, 15) is 33.9 Å². The number of imidazole rings is 1. The predicted octanol–water partition coefficient (Wildman–Crippen LogP) is -3.38. The summed E-state index contributed by atoms with van der Waals surface area (Å²) in [4.78, 5) is 78.3. The van der Waals surface area contributed by atoms with Gasteiger partial charge in [-0.1, -0.05) is 13.8 Å². The summed E-state index contributed by atoms with van der Waals surface area (Å²) in [5, 5.41) is 16.4. The second-order valence-electron chi connectivity index (χ2n) is 8.25. The van der Waals surface area contributed by atoms with E-state index in [2.05, 4.69) is 25.9 Å². The van der Waals surface area contributed by atoms with Crippen molar-refractivity contribution in [1.82, 2.24) is 25.9 Å². The number of H-pyrrole nitrogens is 1. The van der Waals surface area contributed by atoms with Crippen molar-refractivity contribution in [3.63, 3.8) is 0 Å². The first-order valence-electron chi connectivity index (χ1n) is 10.7. The quantitative estimate of drug-likeness (QED) is 0.120. The average Bonchev–Trinajstić information content (AvgIpc) is 3.26. The largest absolute Gasteiger partial charge is 0.480 e. The Labute approximate surface area is 200 Å². The summed E-state index contributed by atoms with van der Waals surface area (Å²) >= 11 is 0. The minimum Gasteiger partial charge on any atom is -0.480 e. The maximum Gasteiger partial charge on any atom is 0.326 e. The van der Waals surface area contributed by atoms with Crippen LogP contribution in [0.5, 0.6) is 0 Å². The van der Waals surface area contributed by atoms with Crippen molar-refractivity contribution >= 4 is 35.5 Å². The zero-order valence-corrected chi connectivity index (χ0v) is 19.4. The highest BCUT2D eigenvalue weighted by Gasteiger charge is 2.32. The lowest BCUT2D eigenvalue weighted by atomic mass is 10.0. The highest BCUT2D eigenvalue weighted by molar-refractivity contribution is 5.95. The summed E-state index contributed by atoms with van der Waals surface area (Å²) in [6, 6.07) is -5.10. The highest BCUT2D eigenvalue weighted by Crippen LogP contribution is 2.07. The highest BCUT2D eigenvalue weighted by atomic mass is 16.4. The monoisotopic (exact) mass is 496 g/mol. The number of hydrogen-bond donors (Lipinski definition) is 8. The first kappa shape index (κ1) is 29.0. The van der Waals surface area contributed by atoms with Crippen LogP contribution in [0.3, 0.4) is 0 Å². The molecule has 15 heteroatoms. The fraction of sp³-hybridized carbons (Fsp3) is 0.550. The molecule has 0 aliphatic carbocycles. The number of hydrogen-bond acceptors (Lipinski definition) is 8. The molecule has 5 amide bonds. The number of primary amides is 2. The lowest BCUT2D eigenvalue weighted by molar-refractivity contribution is -0.144. The van der Waals surface area contributed by atoms with Crippen molar-refractivity contribution in [3.05, 3.63) is 18.2 Å². The van der Waals surface area contributed by atoms with Gasteiger partial charge in [0.2, 0.25) is 29.5 Å². The number of nitrogens with one attached hydrogen (secondary N) is 4. The van der Waals surface area contributed by atoms with E-state index in [-0.39, 0.29) is 19.3 Å². The number of aromatic amines is 1. The Hall–Kier alpha value is -4.01. The molecule has 0 bridgehead atoms. The number of carbonyl (C=O) groups is 6. The molecule has 15 nitrogen and oxygen atoms in total. The van der Waals surface area contributed by atoms with Gasteiger partial charge in [0.1, 0.15) is 18.1 Å². The van der Waals surface area contributed by atoms with Crippen LogP contribution >= 0.6 is 0 Å². The average molecular weight is 497 g/mol. The van der Waals surface area contributed by atoms with Crippen molar-refractivity contribution in [2.24, 2.45) is 23.1 Å². The summed E-state index contributed by atoms with van der Waals surface area (Å²) in [5.41, 5.74) is 16.4. The molecule has 0 spiro atoms. The topological polar surface area (TPSA) is 265 Å². The maximum absolute atomic E-state index is 13.1. The van der Waals surface area contributed by atoms with Gasteiger partial charge in [0.15, 0.2) is 0 Å².